The van der Waals surface area contributed by atoms with Crippen LogP contribution >= 0.6 is 0 Å². The van der Waals surface area contributed by atoms with Crippen LogP contribution in [0.25, 0.3) is 10.9 Å². The Labute approximate surface area is 212 Å². The van der Waals surface area contributed by atoms with Crippen LogP contribution in [0.2, 0.25) is 0 Å². The summed E-state index contributed by atoms with van der Waals surface area (Å²) in [5.74, 6) is 2.13. The molecule has 3 aromatic rings. The van der Waals surface area contributed by atoms with E-state index in [1.807, 2.05) is 43.0 Å². The molecule has 1 atom stereocenters. The smallest absolute Gasteiger partial charge is 0.219 e. The van der Waals surface area contributed by atoms with Gasteiger partial charge in [0.1, 0.15) is 17.4 Å². The lowest BCUT2D eigenvalue weighted by Gasteiger charge is -2.41. The molecule has 2 heterocycles. The zero-order chi connectivity index (χ0) is 26.0. The van der Waals surface area contributed by atoms with Crippen LogP contribution in [0.1, 0.15) is 60.8 Å². The summed E-state index contributed by atoms with van der Waals surface area (Å²) in [7, 11) is 3.36. The first-order chi connectivity index (χ1) is 17.2. The van der Waals surface area contributed by atoms with E-state index in [4.69, 9.17) is 14.5 Å². The van der Waals surface area contributed by atoms with E-state index in [0.29, 0.717) is 48.9 Å². The van der Waals surface area contributed by atoms with Gasteiger partial charge >= 0.3 is 0 Å². The van der Waals surface area contributed by atoms with Gasteiger partial charge < -0.3 is 19.7 Å². The first-order valence-corrected chi connectivity index (χ1v) is 12.2. The van der Waals surface area contributed by atoms with Gasteiger partial charge in [0.05, 0.1) is 35.9 Å². The number of anilines is 1. The normalized spacial score (nSPS) is 15.9. The van der Waals surface area contributed by atoms with E-state index in [0.717, 1.165) is 27.6 Å². The molecule has 188 valence electrons. The Morgan fingerprint density at radius 1 is 1.19 bits per heavy atom. The Morgan fingerprint density at radius 3 is 2.53 bits per heavy atom. The van der Waals surface area contributed by atoms with Gasteiger partial charge in [-0.15, -0.1) is 0 Å². The average molecular weight is 488 g/mol. The topological polar surface area (TPSA) is 100 Å². The Kier molecular flexibility index (Phi) is 7.14. The number of rotatable bonds is 6. The van der Waals surface area contributed by atoms with Crippen LogP contribution < -0.4 is 10.1 Å². The zero-order valence-corrected chi connectivity index (χ0v) is 21.8. The van der Waals surface area contributed by atoms with Gasteiger partial charge in [0.15, 0.2) is 0 Å². The first kappa shape index (κ1) is 25.4. The fourth-order valence-electron chi connectivity index (χ4n) is 5.20. The van der Waals surface area contributed by atoms with Crippen LogP contribution in [0.15, 0.2) is 30.3 Å². The fraction of sp³-hybridized carbons (Fsp3) is 0.429. The molecule has 0 saturated carbocycles. The van der Waals surface area contributed by atoms with Crippen molar-refractivity contribution in [3.63, 3.8) is 0 Å². The highest BCUT2D eigenvalue weighted by atomic mass is 16.5. The van der Waals surface area contributed by atoms with Crippen LogP contribution in [0.4, 0.5) is 5.82 Å². The molecule has 0 aliphatic carbocycles. The minimum atomic E-state index is -0.586. The second kappa shape index (κ2) is 10.1. The van der Waals surface area contributed by atoms with E-state index in [-0.39, 0.29) is 11.9 Å². The monoisotopic (exact) mass is 487 g/mol. The van der Waals surface area contributed by atoms with Gasteiger partial charge in [0.25, 0.3) is 0 Å². The van der Waals surface area contributed by atoms with Crippen LogP contribution in [-0.4, -0.2) is 48.1 Å². The standard InChI is InChI=1S/C28H33N5O3/c1-17-21(16-29)8-7-9-22(17)18(2)30-27-23-14-24(26(35-5)15-25(23)31-19(3)32-27)28(36-6)10-12-33(13-11-28)20(4)34/h7-9,14-15,18H,10-13H2,1-6H3,(H,30,31,32). The van der Waals surface area contributed by atoms with Crippen molar-refractivity contribution in [1.29, 1.82) is 5.26 Å². The molecule has 4 rings (SSSR count). The third-order valence-corrected chi connectivity index (χ3v) is 7.34. The van der Waals surface area contributed by atoms with Crippen molar-refractivity contribution in [1.82, 2.24) is 14.9 Å². The summed E-state index contributed by atoms with van der Waals surface area (Å²) < 4.78 is 11.9. The SMILES string of the molecule is COc1cc2nc(C)nc(NC(C)c3cccc(C#N)c3C)c2cc1C1(OC)CCN(C(C)=O)CC1. The van der Waals surface area contributed by atoms with Crippen molar-refractivity contribution in [3.8, 4) is 11.8 Å². The third-order valence-electron chi connectivity index (χ3n) is 7.34. The van der Waals surface area contributed by atoms with Gasteiger partial charge in [0.2, 0.25) is 5.91 Å². The molecule has 1 amide bonds. The van der Waals surface area contributed by atoms with E-state index in [1.165, 1.54) is 0 Å². The van der Waals surface area contributed by atoms with E-state index >= 15 is 0 Å². The third kappa shape index (κ3) is 4.59. The lowest BCUT2D eigenvalue weighted by Crippen LogP contribution is -2.45. The second-order valence-electron chi connectivity index (χ2n) is 9.39. The summed E-state index contributed by atoms with van der Waals surface area (Å²) in [6, 6.07) is 11.9. The summed E-state index contributed by atoms with van der Waals surface area (Å²) in [6.07, 6.45) is 1.33. The number of likely N-dealkylation sites (tertiary alicyclic amines) is 1. The Bertz CT molecular complexity index is 1340. The molecule has 1 aliphatic rings. The van der Waals surface area contributed by atoms with Gasteiger partial charge in [-0.1, -0.05) is 12.1 Å². The summed E-state index contributed by atoms with van der Waals surface area (Å²) in [4.78, 5) is 23.2. The van der Waals surface area contributed by atoms with Gasteiger partial charge in [-0.05, 0) is 56.9 Å². The van der Waals surface area contributed by atoms with E-state index in [2.05, 4.69) is 29.4 Å². The van der Waals surface area contributed by atoms with Crippen molar-refractivity contribution in [2.75, 3.05) is 32.6 Å². The molecule has 1 aromatic heterocycles. The number of ether oxygens (including phenoxy) is 2. The molecule has 1 saturated heterocycles. The number of aromatic nitrogens is 2. The number of hydrogen-bond donors (Lipinski definition) is 1. The maximum atomic E-state index is 11.9. The molecule has 36 heavy (non-hydrogen) atoms. The maximum absolute atomic E-state index is 11.9. The number of benzene rings is 2. The molecule has 1 fully saturated rings. The summed E-state index contributed by atoms with van der Waals surface area (Å²) in [6.45, 7) is 8.73. The van der Waals surface area contributed by atoms with Gasteiger partial charge in [-0.25, -0.2) is 9.97 Å². The molecular formula is C28H33N5O3. The number of fused-ring (bicyclic) bond motifs is 1. The molecule has 1 aliphatic heterocycles. The molecule has 2 aromatic carbocycles. The minimum Gasteiger partial charge on any atom is -0.496 e. The molecule has 1 unspecified atom stereocenters. The number of methoxy groups -OCH3 is 2. The summed E-state index contributed by atoms with van der Waals surface area (Å²) in [5, 5.41) is 13.9. The fourth-order valence-corrected chi connectivity index (χ4v) is 5.20. The van der Waals surface area contributed by atoms with Crippen molar-refractivity contribution >= 4 is 22.6 Å². The largest absolute Gasteiger partial charge is 0.496 e. The number of hydrogen-bond acceptors (Lipinski definition) is 7. The number of amides is 1. The molecule has 0 radical (unpaired) electrons. The second-order valence-corrected chi connectivity index (χ2v) is 9.39. The Balaban J connectivity index is 1.79. The quantitative estimate of drug-likeness (QED) is 0.534. The van der Waals surface area contributed by atoms with Crippen LogP contribution in [0.5, 0.6) is 5.75 Å². The average Bonchev–Trinajstić information content (AvgIpc) is 2.87. The van der Waals surface area contributed by atoms with Crippen LogP contribution in [0, 0.1) is 25.2 Å². The predicted molar refractivity (Wildman–Crippen MR) is 139 cm³/mol. The number of nitrogens with one attached hydrogen (secondary N) is 1. The van der Waals surface area contributed by atoms with E-state index < -0.39 is 5.60 Å². The van der Waals surface area contributed by atoms with Gasteiger partial charge in [-0.2, -0.15) is 5.26 Å². The number of nitriles is 1. The maximum Gasteiger partial charge on any atom is 0.219 e. The lowest BCUT2D eigenvalue weighted by molar-refractivity contribution is -0.135. The molecule has 8 nitrogen and oxygen atoms in total. The van der Waals surface area contributed by atoms with Crippen molar-refractivity contribution in [2.24, 2.45) is 0 Å². The van der Waals surface area contributed by atoms with Crippen LogP contribution in [0.3, 0.4) is 0 Å². The predicted octanol–water partition coefficient (Wildman–Crippen LogP) is 4.78. The van der Waals surface area contributed by atoms with Gasteiger partial charge in [-0.3, -0.25) is 4.79 Å². The summed E-state index contributed by atoms with van der Waals surface area (Å²) in [5.41, 5.74) is 3.76. The van der Waals surface area contributed by atoms with Crippen molar-refractivity contribution < 1.29 is 14.3 Å². The molecule has 1 N–H and O–H groups in total. The molecule has 0 spiro atoms. The highest BCUT2D eigenvalue weighted by Crippen LogP contribution is 2.43. The van der Waals surface area contributed by atoms with Crippen molar-refractivity contribution in [2.45, 2.75) is 52.2 Å². The van der Waals surface area contributed by atoms with Crippen LogP contribution in [-0.2, 0) is 15.1 Å². The minimum absolute atomic E-state index is 0.0743. The Morgan fingerprint density at radius 2 is 1.92 bits per heavy atom. The van der Waals surface area contributed by atoms with E-state index in [9.17, 15) is 10.1 Å². The van der Waals surface area contributed by atoms with E-state index in [1.54, 1.807) is 21.1 Å². The van der Waals surface area contributed by atoms with Gasteiger partial charge in [0, 0.05) is 44.1 Å². The number of carbonyl (C=O) groups excluding carboxylic acids is 1. The Hall–Kier alpha value is -3.70. The number of aryl methyl sites for hydroxylation is 1. The summed E-state index contributed by atoms with van der Waals surface area (Å²) >= 11 is 0. The zero-order valence-electron chi connectivity index (χ0n) is 21.8. The highest BCUT2D eigenvalue weighted by molar-refractivity contribution is 5.91. The molecule has 0 bridgehead atoms. The molecule has 8 heteroatoms. The van der Waals surface area contributed by atoms with Crippen molar-refractivity contribution in [3.05, 3.63) is 58.4 Å². The lowest BCUT2D eigenvalue weighted by atomic mass is 9.82. The first-order valence-electron chi connectivity index (χ1n) is 12.2. The number of carbonyl (C=O) groups is 1. The number of piperidine rings is 1. The highest BCUT2D eigenvalue weighted by Gasteiger charge is 2.39. The number of nitrogens with zero attached hydrogens (tertiary/aromatic N) is 4. The molecular weight excluding hydrogens is 454 g/mol.